The maximum absolute atomic E-state index is 4.62. The van der Waals surface area contributed by atoms with E-state index in [2.05, 4.69) is 65.0 Å². The summed E-state index contributed by atoms with van der Waals surface area (Å²) in [4.78, 5) is 9.58. The van der Waals surface area contributed by atoms with Crippen molar-refractivity contribution in [1.82, 2.24) is 9.88 Å². The largest absolute Gasteiger partial charge is 0.368 e. The summed E-state index contributed by atoms with van der Waals surface area (Å²) in [6.45, 7) is 8.99. The third kappa shape index (κ3) is 3.24. The van der Waals surface area contributed by atoms with Crippen LogP contribution < -0.4 is 4.90 Å². The van der Waals surface area contributed by atoms with E-state index in [1.165, 1.54) is 11.3 Å². The number of pyridine rings is 1. The van der Waals surface area contributed by atoms with Gasteiger partial charge in [0.15, 0.2) is 0 Å². The molecule has 0 N–H and O–H groups in total. The average Bonchev–Trinajstić information content (AvgIpc) is 2.56. The van der Waals surface area contributed by atoms with Gasteiger partial charge in [0, 0.05) is 37.8 Å². The van der Waals surface area contributed by atoms with Crippen molar-refractivity contribution in [2.45, 2.75) is 19.9 Å². The van der Waals surface area contributed by atoms with Gasteiger partial charge in [-0.05, 0) is 26.0 Å². The number of rotatable bonds is 3. The molecule has 0 saturated carbocycles. The Bertz CT molecular complexity index is 555. The highest BCUT2D eigenvalue weighted by atomic mass is 15.3. The third-order valence-corrected chi connectivity index (χ3v) is 4.23. The molecular weight excluding hydrogens is 258 g/mol. The molecule has 3 heteroatoms. The first-order valence-electron chi connectivity index (χ1n) is 7.74. The Morgan fingerprint density at radius 2 is 1.62 bits per heavy atom. The predicted octanol–water partition coefficient (Wildman–Crippen LogP) is 3.28. The van der Waals surface area contributed by atoms with Crippen LogP contribution in [0.5, 0.6) is 0 Å². The standard InChI is InChI=1S/C18H23N3/c1-15(2)20-10-12-21(13-11-20)17-8-9-18(19-14-17)16-6-4-3-5-7-16/h3-9,14-15H,10-13H2,1-2H3. The molecule has 3 rings (SSSR count). The predicted molar refractivity (Wildman–Crippen MR) is 88.6 cm³/mol. The van der Waals surface area contributed by atoms with Crippen LogP contribution in [-0.2, 0) is 0 Å². The second-order valence-corrected chi connectivity index (χ2v) is 5.88. The Morgan fingerprint density at radius 1 is 0.905 bits per heavy atom. The molecule has 1 aromatic heterocycles. The van der Waals surface area contributed by atoms with Gasteiger partial charge < -0.3 is 4.90 Å². The van der Waals surface area contributed by atoms with Crippen molar-refractivity contribution in [2.75, 3.05) is 31.1 Å². The molecular formula is C18H23N3. The van der Waals surface area contributed by atoms with Gasteiger partial charge in [0.1, 0.15) is 0 Å². The molecule has 1 saturated heterocycles. The lowest BCUT2D eigenvalue weighted by atomic mass is 10.1. The van der Waals surface area contributed by atoms with E-state index >= 15 is 0 Å². The topological polar surface area (TPSA) is 19.4 Å². The minimum absolute atomic E-state index is 0.644. The van der Waals surface area contributed by atoms with Crippen molar-refractivity contribution >= 4 is 5.69 Å². The highest BCUT2D eigenvalue weighted by molar-refractivity contribution is 5.61. The van der Waals surface area contributed by atoms with Gasteiger partial charge in [-0.2, -0.15) is 0 Å². The van der Waals surface area contributed by atoms with Gasteiger partial charge in [-0.15, -0.1) is 0 Å². The molecule has 21 heavy (non-hydrogen) atoms. The molecule has 0 unspecified atom stereocenters. The number of hydrogen-bond donors (Lipinski definition) is 0. The van der Waals surface area contributed by atoms with E-state index in [1.54, 1.807) is 0 Å². The molecule has 0 spiro atoms. The SMILES string of the molecule is CC(C)N1CCN(c2ccc(-c3ccccc3)nc2)CC1. The molecule has 3 nitrogen and oxygen atoms in total. The van der Waals surface area contributed by atoms with Crippen LogP contribution in [0.3, 0.4) is 0 Å². The van der Waals surface area contributed by atoms with Crippen LogP contribution in [0.15, 0.2) is 48.7 Å². The lowest BCUT2D eigenvalue weighted by molar-refractivity contribution is 0.209. The van der Waals surface area contributed by atoms with Crippen molar-refractivity contribution in [3.05, 3.63) is 48.7 Å². The fourth-order valence-electron chi connectivity index (χ4n) is 2.85. The number of nitrogens with zero attached hydrogens (tertiary/aromatic N) is 3. The maximum atomic E-state index is 4.62. The van der Waals surface area contributed by atoms with E-state index in [0.717, 1.165) is 31.9 Å². The minimum Gasteiger partial charge on any atom is -0.368 e. The van der Waals surface area contributed by atoms with Crippen molar-refractivity contribution in [1.29, 1.82) is 0 Å². The van der Waals surface area contributed by atoms with Crippen LogP contribution in [0.25, 0.3) is 11.3 Å². The van der Waals surface area contributed by atoms with Crippen LogP contribution in [0.2, 0.25) is 0 Å². The smallest absolute Gasteiger partial charge is 0.0703 e. The van der Waals surface area contributed by atoms with Crippen LogP contribution in [0.4, 0.5) is 5.69 Å². The van der Waals surface area contributed by atoms with Gasteiger partial charge >= 0.3 is 0 Å². The zero-order valence-electron chi connectivity index (χ0n) is 12.9. The first-order valence-corrected chi connectivity index (χ1v) is 7.74. The first kappa shape index (κ1) is 14.1. The Balaban J connectivity index is 1.68. The summed E-state index contributed by atoms with van der Waals surface area (Å²) in [5.41, 5.74) is 3.45. The molecule has 2 heterocycles. The molecule has 1 aliphatic heterocycles. The fourth-order valence-corrected chi connectivity index (χ4v) is 2.85. The summed E-state index contributed by atoms with van der Waals surface area (Å²) in [6, 6.07) is 15.3. The average molecular weight is 281 g/mol. The highest BCUT2D eigenvalue weighted by Crippen LogP contribution is 2.21. The zero-order valence-corrected chi connectivity index (χ0v) is 12.9. The van der Waals surface area contributed by atoms with Gasteiger partial charge in [0.25, 0.3) is 0 Å². The van der Waals surface area contributed by atoms with Crippen LogP contribution in [0, 0.1) is 0 Å². The van der Waals surface area contributed by atoms with Gasteiger partial charge in [-0.3, -0.25) is 9.88 Å². The number of piperazine rings is 1. The van der Waals surface area contributed by atoms with Crippen molar-refractivity contribution in [3.8, 4) is 11.3 Å². The van der Waals surface area contributed by atoms with E-state index < -0.39 is 0 Å². The Kier molecular flexibility index (Phi) is 4.20. The van der Waals surface area contributed by atoms with E-state index in [4.69, 9.17) is 0 Å². The Morgan fingerprint density at radius 3 is 2.19 bits per heavy atom. The highest BCUT2D eigenvalue weighted by Gasteiger charge is 2.19. The van der Waals surface area contributed by atoms with Gasteiger partial charge in [-0.1, -0.05) is 30.3 Å². The molecule has 1 aliphatic rings. The van der Waals surface area contributed by atoms with E-state index in [-0.39, 0.29) is 0 Å². The number of anilines is 1. The Labute approximate surface area is 127 Å². The van der Waals surface area contributed by atoms with Crippen molar-refractivity contribution in [2.24, 2.45) is 0 Å². The van der Waals surface area contributed by atoms with Crippen LogP contribution >= 0.6 is 0 Å². The molecule has 1 aromatic carbocycles. The lowest BCUT2D eigenvalue weighted by Gasteiger charge is -2.38. The molecule has 110 valence electrons. The number of hydrogen-bond acceptors (Lipinski definition) is 3. The Hall–Kier alpha value is -1.87. The van der Waals surface area contributed by atoms with Crippen LogP contribution in [-0.4, -0.2) is 42.1 Å². The molecule has 0 atom stereocenters. The molecule has 0 amide bonds. The van der Waals surface area contributed by atoms with E-state index in [9.17, 15) is 0 Å². The molecule has 1 fully saturated rings. The summed E-state index contributed by atoms with van der Waals surface area (Å²) in [6.07, 6.45) is 2.01. The van der Waals surface area contributed by atoms with E-state index in [0.29, 0.717) is 6.04 Å². The quantitative estimate of drug-likeness (QED) is 0.860. The van der Waals surface area contributed by atoms with Crippen molar-refractivity contribution in [3.63, 3.8) is 0 Å². The van der Waals surface area contributed by atoms with Gasteiger partial charge in [0.05, 0.1) is 17.6 Å². The minimum atomic E-state index is 0.644. The maximum Gasteiger partial charge on any atom is 0.0703 e. The molecule has 0 bridgehead atoms. The number of benzene rings is 1. The van der Waals surface area contributed by atoms with Crippen LogP contribution in [0.1, 0.15) is 13.8 Å². The summed E-state index contributed by atoms with van der Waals surface area (Å²) >= 11 is 0. The molecule has 0 aliphatic carbocycles. The third-order valence-electron chi connectivity index (χ3n) is 4.23. The monoisotopic (exact) mass is 281 g/mol. The lowest BCUT2D eigenvalue weighted by Crippen LogP contribution is -2.48. The molecule has 2 aromatic rings. The number of aromatic nitrogens is 1. The second-order valence-electron chi connectivity index (χ2n) is 5.88. The van der Waals surface area contributed by atoms with E-state index in [1.807, 2.05) is 12.3 Å². The van der Waals surface area contributed by atoms with Gasteiger partial charge in [0.2, 0.25) is 0 Å². The zero-order chi connectivity index (χ0) is 14.7. The summed E-state index contributed by atoms with van der Waals surface area (Å²) in [5, 5.41) is 0. The summed E-state index contributed by atoms with van der Waals surface area (Å²) in [7, 11) is 0. The van der Waals surface area contributed by atoms with Crippen molar-refractivity contribution < 1.29 is 0 Å². The molecule has 0 radical (unpaired) electrons. The van der Waals surface area contributed by atoms with Gasteiger partial charge in [-0.25, -0.2) is 0 Å². The summed E-state index contributed by atoms with van der Waals surface area (Å²) < 4.78 is 0. The normalized spacial score (nSPS) is 16.4. The second kappa shape index (κ2) is 6.27. The fraction of sp³-hybridized carbons (Fsp3) is 0.389. The first-order chi connectivity index (χ1) is 10.2. The summed E-state index contributed by atoms with van der Waals surface area (Å²) in [5.74, 6) is 0.